The molecule has 1 N–H and O–H groups in total. The molecule has 1 aliphatic carbocycles. The molecule has 0 aromatic carbocycles. The summed E-state index contributed by atoms with van der Waals surface area (Å²) in [4.78, 5) is 4.22. The van der Waals surface area contributed by atoms with Crippen molar-refractivity contribution in [2.75, 3.05) is 13.7 Å². The van der Waals surface area contributed by atoms with Crippen LogP contribution in [0.1, 0.15) is 24.3 Å². The summed E-state index contributed by atoms with van der Waals surface area (Å²) in [5.41, 5.74) is 0.122. The van der Waals surface area contributed by atoms with Crippen molar-refractivity contribution in [3.63, 3.8) is 0 Å². The Labute approximate surface area is 88.5 Å². The molecule has 1 heterocycles. The van der Waals surface area contributed by atoms with Crippen molar-refractivity contribution in [3.05, 3.63) is 16.6 Å². The number of ether oxygens (including phenoxy) is 1. The average Bonchev–Trinajstić information content (AvgIpc) is 2.62. The normalized spacial score (nSPS) is 19.2. The first kappa shape index (κ1) is 10.1. The van der Waals surface area contributed by atoms with Gasteiger partial charge in [0, 0.05) is 31.8 Å². The molecule has 0 unspecified atom stereocenters. The van der Waals surface area contributed by atoms with Crippen LogP contribution in [0.5, 0.6) is 0 Å². The maximum atomic E-state index is 5.51. The second-order valence-corrected chi connectivity index (χ2v) is 4.75. The minimum atomic E-state index is 0.122. The fourth-order valence-corrected chi connectivity index (χ4v) is 2.35. The molecule has 1 saturated carbocycles. The summed E-state index contributed by atoms with van der Waals surface area (Å²) in [6.07, 6.45) is 5.52. The number of nitrogens with zero attached hydrogens (tertiary/aromatic N) is 1. The first-order chi connectivity index (χ1) is 6.85. The molecule has 78 valence electrons. The monoisotopic (exact) mass is 212 g/mol. The molecule has 1 aliphatic rings. The van der Waals surface area contributed by atoms with Gasteiger partial charge in [-0.25, -0.2) is 4.98 Å². The van der Waals surface area contributed by atoms with E-state index in [1.807, 2.05) is 18.7 Å². The number of thiazole rings is 1. The van der Waals surface area contributed by atoms with Crippen molar-refractivity contribution < 1.29 is 4.74 Å². The summed E-state index contributed by atoms with van der Waals surface area (Å²) < 4.78 is 5.51. The first-order valence-corrected chi connectivity index (χ1v) is 5.87. The number of hydrogen-bond donors (Lipinski definition) is 1. The summed E-state index contributed by atoms with van der Waals surface area (Å²) in [6, 6.07) is 0. The van der Waals surface area contributed by atoms with E-state index < -0.39 is 0 Å². The minimum Gasteiger partial charge on any atom is -0.377 e. The lowest BCUT2D eigenvalue weighted by Gasteiger charge is -2.40. The Morgan fingerprint density at radius 2 is 2.50 bits per heavy atom. The molecule has 0 spiro atoms. The molecular formula is C10H16N2OS. The smallest absolute Gasteiger partial charge is 0.106 e. The van der Waals surface area contributed by atoms with Gasteiger partial charge in [0.25, 0.3) is 0 Å². The van der Waals surface area contributed by atoms with Gasteiger partial charge in [-0.2, -0.15) is 0 Å². The van der Waals surface area contributed by atoms with Gasteiger partial charge in [0.15, 0.2) is 0 Å². The van der Waals surface area contributed by atoms with Gasteiger partial charge in [-0.1, -0.05) is 0 Å². The van der Waals surface area contributed by atoms with E-state index >= 15 is 0 Å². The third kappa shape index (κ3) is 2.13. The Morgan fingerprint density at radius 1 is 1.64 bits per heavy atom. The Morgan fingerprint density at radius 3 is 3.00 bits per heavy atom. The zero-order valence-corrected chi connectivity index (χ0v) is 9.27. The number of rotatable bonds is 5. The molecule has 0 bridgehead atoms. The van der Waals surface area contributed by atoms with Crippen LogP contribution in [-0.4, -0.2) is 24.2 Å². The van der Waals surface area contributed by atoms with E-state index in [4.69, 9.17) is 4.74 Å². The van der Waals surface area contributed by atoms with E-state index in [0.717, 1.165) is 18.1 Å². The molecule has 2 rings (SSSR count). The Balaban J connectivity index is 1.72. The van der Waals surface area contributed by atoms with Crippen LogP contribution >= 0.6 is 11.3 Å². The molecule has 0 radical (unpaired) electrons. The average molecular weight is 212 g/mol. The number of nitrogens with one attached hydrogen (secondary N) is 1. The molecule has 1 aromatic rings. The van der Waals surface area contributed by atoms with Crippen LogP contribution in [0.3, 0.4) is 0 Å². The summed E-state index contributed by atoms with van der Waals surface area (Å²) in [5, 5.41) is 6.56. The third-order valence-electron chi connectivity index (χ3n) is 2.90. The quantitative estimate of drug-likeness (QED) is 0.808. The number of aromatic nitrogens is 1. The second-order valence-electron chi connectivity index (χ2n) is 3.77. The van der Waals surface area contributed by atoms with Crippen LogP contribution < -0.4 is 5.32 Å². The highest BCUT2D eigenvalue weighted by Gasteiger charge is 2.36. The molecule has 3 nitrogen and oxygen atoms in total. The van der Waals surface area contributed by atoms with Gasteiger partial charge in [-0.3, -0.25) is 0 Å². The largest absolute Gasteiger partial charge is 0.377 e. The predicted molar refractivity (Wildman–Crippen MR) is 57.4 cm³/mol. The molecule has 1 aromatic heterocycles. The lowest BCUT2D eigenvalue weighted by molar-refractivity contribution is -0.0695. The van der Waals surface area contributed by atoms with Gasteiger partial charge in [0.2, 0.25) is 0 Å². The maximum absolute atomic E-state index is 5.51. The summed E-state index contributed by atoms with van der Waals surface area (Å²) in [5.74, 6) is 0. The summed E-state index contributed by atoms with van der Waals surface area (Å²) in [6.45, 7) is 1.81. The van der Waals surface area contributed by atoms with Crippen molar-refractivity contribution in [1.29, 1.82) is 0 Å². The van der Waals surface area contributed by atoms with Gasteiger partial charge in [-0.15, -0.1) is 11.3 Å². The molecule has 0 atom stereocenters. The van der Waals surface area contributed by atoms with Crippen molar-refractivity contribution >= 4 is 11.3 Å². The van der Waals surface area contributed by atoms with Crippen LogP contribution in [-0.2, 0) is 11.3 Å². The van der Waals surface area contributed by atoms with Crippen molar-refractivity contribution in [1.82, 2.24) is 10.3 Å². The van der Waals surface area contributed by atoms with Crippen LogP contribution in [0.2, 0.25) is 0 Å². The van der Waals surface area contributed by atoms with Crippen LogP contribution in [0, 0.1) is 0 Å². The molecule has 0 aliphatic heterocycles. The fourth-order valence-electron chi connectivity index (χ4n) is 1.76. The van der Waals surface area contributed by atoms with E-state index in [2.05, 4.69) is 10.3 Å². The van der Waals surface area contributed by atoms with E-state index in [1.165, 1.54) is 19.3 Å². The zero-order chi connectivity index (χ0) is 9.86. The maximum Gasteiger partial charge on any atom is 0.106 e. The molecule has 14 heavy (non-hydrogen) atoms. The van der Waals surface area contributed by atoms with E-state index in [9.17, 15) is 0 Å². The van der Waals surface area contributed by atoms with E-state index in [0.29, 0.717) is 0 Å². The van der Waals surface area contributed by atoms with Gasteiger partial charge in [0.05, 0.1) is 5.60 Å². The van der Waals surface area contributed by atoms with Crippen molar-refractivity contribution in [2.24, 2.45) is 0 Å². The van der Waals surface area contributed by atoms with Gasteiger partial charge in [0.1, 0.15) is 5.01 Å². The molecule has 1 fully saturated rings. The van der Waals surface area contributed by atoms with Crippen LogP contribution in [0.25, 0.3) is 0 Å². The number of methoxy groups -OCH3 is 1. The molecule has 0 amide bonds. The topological polar surface area (TPSA) is 34.1 Å². The fraction of sp³-hybridized carbons (Fsp3) is 0.700. The molecule has 4 heteroatoms. The van der Waals surface area contributed by atoms with Crippen LogP contribution in [0.15, 0.2) is 11.6 Å². The Kier molecular flexibility index (Phi) is 3.15. The molecule has 0 saturated heterocycles. The third-order valence-corrected chi connectivity index (χ3v) is 3.68. The lowest BCUT2D eigenvalue weighted by Crippen LogP contribution is -2.47. The van der Waals surface area contributed by atoms with Gasteiger partial charge in [-0.05, 0) is 19.3 Å². The van der Waals surface area contributed by atoms with E-state index in [1.54, 1.807) is 11.3 Å². The highest BCUT2D eigenvalue weighted by Crippen LogP contribution is 2.34. The van der Waals surface area contributed by atoms with Crippen molar-refractivity contribution in [2.45, 2.75) is 31.4 Å². The first-order valence-electron chi connectivity index (χ1n) is 4.99. The highest BCUT2D eigenvalue weighted by atomic mass is 32.1. The van der Waals surface area contributed by atoms with Crippen LogP contribution in [0.4, 0.5) is 0 Å². The summed E-state index contributed by atoms with van der Waals surface area (Å²) in [7, 11) is 1.81. The van der Waals surface area contributed by atoms with Gasteiger partial charge < -0.3 is 10.1 Å². The molecular weight excluding hydrogens is 196 g/mol. The minimum absolute atomic E-state index is 0.122. The lowest BCUT2D eigenvalue weighted by atomic mass is 9.80. The second kappa shape index (κ2) is 4.38. The Bertz CT molecular complexity index is 264. The highest BCUT2D eigenvalue weighted by molar-refractivity contribution is 7.09. The zero-order valence-electron chi connectivity index (χ0n) is 8.45. The Hall–Kier alpha value is -0.450. The predicted octanol–water partition coefficient (Wildman–Crippen LogP) is 1.80. The SMILES string of the molecule is COC1(CNCc2nccs2)CCC1. The van der Waals surface area contributed by atoms with Gasteiger partial charge >= 0.3 is 0 Å². The van der Waals surface area contributed by atoms with E-state index in [-0.39, 0.29) is 5.60 Å². The standard InChI is InChI=1S/C10H16N2OS/c1-13-10(3-2-4-10)8-11-7-9-12-5-6-14-9/h5-6,11H,2-4,7-8H2,1H3. The summed E-state index contributed by atoms with van der Waals surface area (Å²) >= 11 is 1.69. The van der Waals surface area contributed by atoms with Crippen molar-refractivity contribution in [3.8, 4) is 0 Å². The number of hydrogen-bond acceptors (Lipinski definition) is 4.